The predicted octanol–water partition coefficient (Wildman–Crippen LogP) is 2.61. The van der Waals surface area contributed by atoms with Crippen LogP contribution in [0.2, 0.25) is 0 Å². The third-order valence-corrected chi connectivity index (χ3v) is 4.24. The van der Waals surface area contributed by atoms with E-state index in [-0.39, 0.29) is 11.3 Å². The van der Waals surface area contributed by atoms with Crippen molar-refractivity contribution in [2.45, 2.75) is 13.8 Å². The van der Waals surface area contributed by atoms with Gasteiger partial charge in [-0.1, -0.05) is 34.5 Å². The molecule has 3 rings (SSSR count). The van der Waals surface area contributed by atoms with Crippen molar-refractivity contribution in [2.24, 2.45) is 5.73 Å². The smallest absolute Gasteiger partial charge is 0.344 e. The number of carbonyl (C=O) groups is 2. The van der Waals surface area contributed by atoms with Crippen molar-refractivity contribution in [1.29, 1.82) is 0 Å². The molecule has 3 aromatic rings. The zero-order valence-electron chi connectivity index (χ0n) is 15.8. The number of ether oxygens (including phenoxy) is 1. The first kappa shape index (κ1) is 19.0. The van der Waals surface area contributed by atoms with Crippen LogP contribution in [0.25, 0.3) is 11.4 Å². The van der Waals surface area contributed by atoms with Gasteiger partial charge in [0.15, 0.2) is 0 Å². The summed E-state index contributed by atoms with van der Waals surface area (Å²) in [4.78, 5) is 25.4. The molecule has 7 heteroatoms. The van der Waals surface area contributed by atoms with Crippen molar-refractivity contribution in [3.8, 4) is 5.69 Å². The topological polar surface area (TPSA) is 100 Å². The summed E-state index contributed by atoms with van der Waals surface area (Å²) in [7, 11) is 1.22. The van der Waals surface area contributed by atoms with E-state index in [1.54, 1.807) is 53.5 Å². The van der Waals surface area contributed by atoms with Crippen LogP contribution < -0.4 is 5.73 Å². The SMILES string of the molecule is COC(=O)C(C(=O)c1cc(C)cc(C)c1)=C(N)c1ccc(-n2ccnn2)cc1. The van der Waals surface area contributed by atoms with Gasteiger partial charge in [-0.15, -0.1) is 5.10 Å². The van der Waals surface area contributed by atoms with Crippen molar-refractivity contribution in [2.75, 3.05) is 7.11 Å². The number of nitrogens with two attached hydrogens (primary N) is 1. The maximum atomic E-state index is 13.1. The minimum absolute atomic E-state index is 0.0566. The second kappa shape index (κ2) is 7.87. The summed E-state index contributed by atoms with van der Waals surface area (Å²) >= 11 is 0. The minimum atomic E-state index is -0.776. The molecule has 0 amide bonds. The van der Waals surface area contributed by atoms with Gasteiger partial charge >= 0.3 is 5.97 Å². The highest BCUT2D eigenvalue weighted by molar-refractivity contribution is 6.28. The van der Waals surface area contributed by atoms with Gasteiger partial charge in [-0.3, -0.25) is 4.79 Å². The van der Waals surface area contributed by atoms with E-state index in [0.29, 0.717) is 11.1 Å². The quantitative estimate of drug-likeness (QED) is 0.242. The number of aryl methyl sites for hydroxylation is 2. The minimum Gasteiger partial charge on any atom is -0.465 e. The molecule has 0 atom stereocenters. The van der Waals surface area contributed by atoms with Gasteiger partial charge in [-0.05, 0) is 43.7 Å². The average Bonchev–Trinajstić information content (AvgIpc) is 3.22. The Morgan fingerprint density at radius 3 is 2.18 bits per heavy atom. The summed E-state index contributed by atoms with van der Waals surface area (Å²) in [6, 6.07) is 12.4. The molecular formula is C21H20N4O3. The van der Waals surface area contributed by atoms with Crippen molar-refractivity contribution >= 4 is 17.4 Å². The van der Waals surface area contributed by atoms with Gasteiger partial charge in [0.2, 0.25) is 5.78 Å². The molecule has 0 bridgehead atoms. The Hall–Kier alpha value is -3.74. The van der Waals surface area contributed by atoms with Crippen molar-refractivity contribution < 1.29 is 14.3 Å². The molecule has 0 aliphatic carbocycles. The van der Waals surface area contributed by atoms with Crippen molar-refractivity contribution in [3.05, 3.63) is 82.7 Å². The van der Waals surface area contributed by atoms with Crippen LogP contribution >= 0.6 is 0 Å². The third kappa shape index (κ3) is 3.83. The fourth-order valence-electron chi connectivity index (χ4n) is 2.96. The number of ketones is 1. The fourth-order valence-corrected chi connectivity index (χ4v) is 2.96. The Morgan fingerprint density at radius 2 is 1.64 bits per heavy atom. The van der Waals surface area contributed by atoms with Gasteiger partial charge in [-0.2, -0.15) is 0 Å². The van der Waals surface area contributed by atoms with E-state index in [4.69, 9.17) is 10.5 Å². The van der Waals surface area contributed by atoms with E-state index >= 15 is 0 Å². The standard InChI is InChI=1S/C21H20N4O3/c1-13-10-14(2)12-16(11-13)20(26)18(21(27)28-3)19(22)15-4-6-17(7-5-15)25-9-8-23-24-25/h4-12H,22H2,1-3H3. The maximum Gasteiger partial charge on any atom is 0.344 e. The first-order valence-corrected chi connectivity index (χ1v) is 8.59. The summed E-state index contributed by atoms with van der Waals surface area (Å²) in [6.45, 7) is 3.77. The molecule has 0 fully saturated rings. The lowest BCUT2D eigenvalue weighted by Gasteiger charge is -2.11. The highest BCUT2D eigenvalue weighted by Crippen LogP contribution is 2.21. The van der Waals surface area contributed by atoms with E-state index in [1.165, 1.54) is 7.11 Å². The van der Waals surface area contributed by atoms with Crippen LogP contribution in [-0.2, 0) is 9.53 Å². The van der Waals surface area contributed by atoms with E-state index in [9.17, 15) is 9.59 Å². The molecule has 142 valence electrons. The number of benzene rings is 2. The molecule has 7 nitrogen and oxygen atoms in total. The number of hydrogen-bond donors (Lipinski definition) is 1. The van der Waals surface area contributed by atoms with E-state index in [2.05, 4.69) is 10.3 Å². The van der Waals surface area contributed by atoms with Crippen LogP contribution in [0.15, 0.2) is 60.4 Å². The molecule has 0 saturated heterocycles. The molecule has 0 unspecified atom stereocenters. The molecule has 2 aromatic carbocycles. The number of Topliss-reactive ketones (excluding diaryl/α,β-unsaturated/α-hetero) is 1. The predicted molar refractivity (Wildman–Crippen MR) is 105 cm³/mol. The summed E-state index contributed by atoms with van der Waals surface area (Å²) in [6.07, 6.45) is 3.28. The summed E-state index contributed by atoms with van der Waals surface area (Å²) in [5, 5.41) is 7.68. The largest absolute Gasteiger partial charge is 0.465 e. The van der Waals surface area contributed by atoms with Gasteiger partial charge in [0.1, 0.15) is 5.57 Å². The lowest BCUT2D eigenvalue weighted by atomic mass is 9.96. The molecule has 0 spiro atoms. The lowest BCUT2D eigenvalue weighted by Crippen LogP contribution is -2.20. The Labute approximate surface area is 162 Å². The monoisotopic (exact) mass is 376 g/mol. The Bertz CT molecular complexity index is 1030. The van der Waals surface area contributed by atoms with Crippen LogP contribution in [0.1, 0.15) is 27.0 Å². The number of esters is 1. The first-order chi connectivity index (χ1) is 13.4. The average molecular weight is 376 g/mol. The van der Waals surface area contributed by atoms with Gasteiger partial charge < -0.3 is 10.5 Å². The Morgan fingerprint density at radius 1 is 1.00 bits per heavy atom. The molecule has 0 saturated carbocycles. The zero-order chi connectivity index (χ0) is 20.3. The van der Waals surface area contributed by atoms with Gasteiger partial charge in [-0.25, -0.2) is 9.48 Å². The molecule has 2 N–H and O–H groups in total. The molecular weight excluding hydrogens is 356 g/mol. The highest BCUT2D eigenvalue weighted by atomic mass is 16.5. The number of aromatic nitrogens is 3. The fraction of sp³-hybridized carbons (Fsp3) is 0.143. The molecule has 0 aliphatic rings. The van der Waals surface area contributed by atoms with E-state index in [1.807, 2.05) is 19.9 Å². The number of methoxy groups -OCH3 is 1. The molecule has 1 heterocycles. The second-order valence-electron chi connectivity index (χ2n) is 6.38. The highest BCUT2D eigenvalue weighted by Gasteiger charge is 2.25. The summed E-state index contributed by atoms with van der Waals surface area (Å²) in [5.41, 5.74) is 9.62. The van der Waals surface area contributed by atoms with Gasteiger partial charge in [0.05, 0.1) is 30.9 Å². The van der Waals surface area contributed by atoms with Crippen molar-refractivity contribution in [1.82, 2.24) is 15.0 Å². The Balaban J connectivity index is 2.05. The van der Waals surface area contributed by atoms with Gasteiger partial charge in [0, 0.05) is 5.56 Å². The zero-order valence-corrected chi connectivity index (χ0v) is 15.8. The molecule has 0 radical (unpaired) electrons. The lowest BCUT2D eigenvalue weighted by molar-refractivity contribution is -0.135. The Kier molecular flexibility index (Phi) is 5.35. The summed E-state index contributed by atoms with van der Waals surface area (Å²) < 4.78 is 6.41. The molecule has 1 aromatic heterocycles. The molecule has 28 heavy (non-hydrogen) atoms. The van der Waals surface area contributed by atoms with Crippen molar-refractivity contribution in [3.63, 3.8) is 0 Å². The number of hydrogen-bond acceptors (Lipinski definition) is 6. The number of rotatable bonds is 5. The number of nitrogens with zero attached hydrogens (tertiary/aromatic N) is 3. The van der Waals surface area contributed by atoms with Crippen LogP contribution in [-0.4, -0.2) is 33.9 Å². The summed E-state index contributed by atoms with van der Waals surface area (Å²) in [5.74, 6) is -1.25. The molecule has 0 aliphatic heterocycles. The van der Waals surface area contributed by atoms with Crippen LogP contribution in [0.5, 0.6) is 0 Å². The normalized spacial score (nSPS) is 11.7. The second-order valence-corrected chi connectivity index (χ2v) is 6.38. The van der Waals surface area contributed by atoms with Crippen LogP contribution in [0, 0.1) is 13.8 Å². The maximum absolute atomic E-state index is 13.1. The van der Waals surface area contributed by atoms with Crippen LogP contribution in [0.4, 0.5) is 0 Å². The van der Waals surface area contributed by atoms with E-state index in [0.717, 1.165) is 16.8 Å². The van der Waals surface area contributed by atoms with Gasteiger partial charge in [0.25, 0.3) is 0 Å². The third-order valence-electron chi connectivity index (χ3n) is 4.24. The first-order valence-electron chi connectivity index (χ1n) is 8.59. The van der Waals surface area contributed by atoms with Crippen LogP contribution in [0.3, 0.4) is 0 Å². The number of carbonyl (C=O) groups excluding carboxylic acids is 2. The van der Waals surface area contributed by atoms with E-state index < -0.39 is 11.8 Å².